The molecule has 0 N–H and O–H groups in total. The van der Waals surface area contributed by atoms with Crippen molar-refractivity contribution < 1.29 is 19.1 Å². The summed E-state index contributed by atoms with van der Waals surface area (Å²) in [6, 6.07) is 9.85. The van der Waals surface area contributed by atoms with E-state index in [0.717, 1.165) is 50.5 Å². The number of carbonyl (C=O) groups is 2. The largest absolute Gasteiger partial charge is 0.462 e. The van der Waals surface area contributed by atoms with Crippen molar-refractivity contribution in [2.75, 3.05) is 0 Å². The molecule has 0 aliphatic rings. The predicted molar refractivity (Wildman–Crippen MR) is 173 cm³/mol. The minimum absolute atomic E-state index is 0.0254. The van der Waals surface area contributed by atoms with Crippen LogP contribution in [0, 0.1) is 0 Å². The first-order valence-corrected chi connectivity index (χ1v) is 17.5. The molecule has 0 fully saturated rings. The minimum Gasteiger partial charge on any atom is -0.462 e. The zero-order valence-corrected chi connectivity index (χ0v) is 27.0. The van der Waals surface area contributed by atoms with E-state index in [0.29, 0.717) is 19.4 Å². The minimum atomic E-state index is -0.0908. The summed E-state index contributed by atoms with van der Waals surface area (Å²) in [7, 11) is 0. The highest BCUT2D eigenvalue weighted by atomic mass is 16.5. The molecule has 0 amide bonds. The number of carbonyl (C=O) groups excluding carboxylic acids is 2. The van der Waals surface area contributed by atoms with Crippen LogP contribution >= 0.6 is 0 Å². The Morgan fingerprint density at radius 1 is 0.537 bits per heavy atom. The van der Waals surface area contributed by atoms with Gasteiger partial charge in [-0.3, -0.25) is 9.59 Å². The fourth-order valence-corrected chi connectivity index (χ4v) is 5.40. The van der Waals surface area contributed by atoms with Gasteiger partial charge in [0.1, 0.15) is 12.7 Å². The van der Waals surface area contributed by atoms with Gasteiger partial charge in [0, 0.05) is 12.8 Å². The molecule has 4 nitrogen and oxygen atoms in total. The van der Waals surface area contributed by atoms with E-state index in [-0.39, 0.29) is 18.0 Å². The summed E-state index contributed by atoms with van der Waals surface area (Å²) < 4.78 is 11.3. The van der Waals surface area contributed by atoms with Gasteiger partial charge in [-0.15, -0.1) is 0 Å². The Morgan fingerprint density at radius 3 is 1.46 bits per heavy atom. The standard InChI is InChI=1S/C37H64O4/c1-3-5-7-9-10-11-16-19-26-32-37(39)41-35(29-23-8-6-4-2)30-24-17-14-12-13-15-18-25-31-36(38)40-33-34-27-21-20-22-28-34/h20-22,27-28,35H,3-19,23-26,29-33H2,1-2H3. The molecule has 41 heavy (non-hydrogen) atoms. The van der Waals surface area contributed by atoms with Crippen molar-refractivity contribution in [1.82, 2.24) is 0 Å². The first-order chi connectivity index (χ1) is 20.2. The number of benzene rings is 1. The second-order valence-corrected chi connectivity index (χ2v) is 12.1. The summed E-state index contributed by atoms with van der Waals surface area (Å²) in [5.41, 5.74) is 1.04. The van der Waals surface area contributed by atoms with Gasteiger partial charge in [-0.2, -0.15) is 0 Å². The lowest BCUT2D eigenvalue weighted by Crippen LogP contribution is -2.18. The van der Waals surface area contributed by atoms with E-state index in [2.05, 4.69) is 13.8 Å². The molecule has 1 aromatic rings. The average molecular weight is 573 g/mol. The highest BCUT2D eigenvalue weighted by Gasteiger charge is 2.14. The van der Waals surface area contributed by atoms with Gasteiger partial charge in [-0.05, 0) is 44.1 Å². The van der Waals surface area contributed by atoms with Gasteiger partial charge in [0.15, 0.2) is 0 Å². The molecular weight excluding hydrogens is 508 g/mol. The zero-order chi connectivity index (χ0) is 29.6. The van der Waals surface area contributed by atoms with Crippen LogP contribution in [-0.4, -0.2) is 18.0 Å². The maximum Gasteiger partial charge on any atom is 0.306 e. The molecule has 0 radical (unpaired) electrons. The Labute approximate surface area is 253 Å². The highest BCUT2D eigenvalue weighted by Crippen LogP contribution is 2.18. The van der Waals surface area contributed by atoms with Crippen LogP contribution in [0.4, 0.5) is 0 Å². The SMILES string of the molecule is CCCCCCCCCCCC(=O)OC(CCCCCC)CCCCCCCCCCC(=O)OCc1ccccc1. The zero-order valence-electron chi connectivity index (χ0n) is 27.0. The molecule has 1 atom stereocenters. The van der Waals surface area contributed by atoms with E-state index < -0.39 is 0 Å². The van der Waals surface area contributed by atoms with Gasteiger partial charge < -0.3 is 9.47 Å². The Bertz CT molecular complexity index is 717. The molecule has 0 saturated heterocycles. The number of esters is 2. The summed E-state index contributed by atoms with van der Waals surface area (Å²) in [6.07, 6.45) is 28.9. The monoisotopic (exact) mass is 572 g/mol. The van der Waals surface area contributed by atoms with Crippen molar-refractivity contribution in [2.45, 2.75) is 187 Å². The van der Waals surface area contributed by atoms with Crippen LogP contribution in [0.15, 0.2) is 30.3 Å². The smallest absolute Gasteiger partial charge is 0.306 e. The third-order valence-electron chi connectivity index (χ3n) is 8.06. The number of hydrogen-bond acceptors (Lipinski definition) is 4. The first kappa shape index (κ1) is 37.2. The molecule has 0 heterocycles. The first-order valence-electron chi connectivity index (χ1n) is 17.5. The fourth-order valence-electron chi connectivity index (χ4n) is 5.40. The third kappa shape index (κ3) is 24.5. The predicted octanol–water partition coefficient (Wildman–Crippen LogP) is 11.4. The molecule has 1 rings (SSSR count). The summed E-state index contributed by atoms with van der Waals surface area (Å²) in [4.78, 5) is 24.4. The van der Waals surface area contributed by atoms with Crippen LogP contribution in [0.2, 0.25) is 0 Å². The van der Waals surface area contributed by atoms with Crippen LogP contribution in [0.3, 0.4) is 0 Å². The molecule has 0 saturated carbocycles. The fraction of sp³-hybridized carbons (Fsp3) is 0.784. The van der Waals surface area contributed by atoms with Crippen molar-refractivity contribution in [3.05, 3.63) is 35.9 Å². The summed E-state index contributed by atoms with van der Waals surface area (Å²) in [6.45, 7) is 4.87. The number of ether oxygens (including phenoxy) is 2. The average Bonchev–Trinajstić information content (AvgIpc) is 2.98. The van der Waals surface area contributed by atoms with Crippen molar-refractivity contribution in [3.63, 3.8) is 0 Å². The van der Waals surface area contributed by atoms with Gasteiger partial charge >= 0.3 is 11.9 Å². The molecule has 0 aromatic heterocycles. The highest BCUT2D eigenvalue weighted by molar-refractivity contribution is 5.69. The van der Waals surface area contributed by atoms with Crippen molar-refractivity contribution in [3.8, 4) is 0 Å². The molecule has 1 unspecified atom stereocenters. The Kier molecular flexibility index (Phi) is 25.7. The van der Waals surface area contributed by atoms with Crippen molar-refractivity contribution >= 4 is 11.9 Å². The topological polar surface area (TPSA) is 52.6 Å². The Balaban J connectivity index is 2.05. The third-order valence-corrected chi connectivity index (χ3v) is 8.06. The number of hydrogen-bond donors (Lipinski definition) is 0. The van der Waals surface area contributed by atoms with E-state index in [1.165, 1.54) is 103 Å². The van der Waals surface area contributed by atoms with E-state index in [1.54, 1.807) is 0 Å². The van der Waals surface area contributed by atoms with E-state index in [4.69, 9.17) is 9.47 Å². The number of rotatable bonds is 29. The Hall–Kier alpha value is -1.84. The quantitative estimate of drug-likeness (QED) is 0.0707. The lowest BCUT2D eigenvalue weighted by Gasteiger charge is -2.18. The molecular formula is C37H64O4. The van der Waals surface area contributed by atoms with Crippen molar-refractivity contribution in [2.24, 2.45) is 0 Å². The van der Waals surface area contributed by atoms with E-state index >= 15 is 0 Å². The second-order valence-electron chi connectivity index (χ2n) is 12.1. The molecule has 236 valence electrons. The van der Waals surface area contributed by atoms with Gasteiger partial charge in [-0.1, -0.05) is 153 Å². The van der Waals surface area contributed by atoms with Crippen LogP contribution < -0.4 is 0 Å². The van der Waals surface area contributed by atoms with Gasteiger partial charge in [-0.25, -0.2) is 0 Å². The summed E-state index contributed by atoms with van der Waals surface area (Å²) >= 11 is 0. The number of unbranched alkanes of at least 4 members (excludes halogenated alkanes) is 18. The maximum absolute atomic E-state index is 12.5. The van der Waals surface area contributed by atoms with Crippen LogP contribution in [0.1, 0.15) is 180 Å². The summed E-state index contributed by atoms with van der Waals surface area (Å²) in [5.74, 6) is -0.0654. The second kappa shape index (κ2) is 28.3. The van der Waals surface area contributed by atoms with Gasteiger partial charge in [0.25, 0.3) is 0 Å². The molecule has 0 aliphatic carbocycles. The molecule has 4 heteroatoms. The van der Waals surface area contributed by atoms with Crippen LogP contribution in [-0.2, 0) is 25.7 Å². The molecule has 0 spiro atoms. The van der Waals surface area contributed by atoms with E-state index in [9.17, 15) is 9.59 Å². The van der Waals surface area contributed by atoms with Gasteiger partial charge in [0.05, 0.1) is 0 Å². The normalized spacial score (nSPS) is 11.9. The molecule has 0 aliphatic heterocycles. The van der Waals surface area contributed by atoms with Gasteiger partial charge in [0.2, 0.25) is 0 Å². The lowest BCUT2D eigenvalue weighted by atomic mass is 10.0. The maximum atomic E-state index is 12.5. The van der Waals surface area contributed by atoms with E-state index in [1.807, 2.05) is 30.3 Å². The Morgan fingerprint density at radius 2 is 0.951 bits per heavy atom. The van der Waals surface area contributed by atoms with Crippen molar-refractivity contribution in [1.29, 1.82) is 0 Å². The van der Waals surface area contributed by atoms with Crippen LogP contribution in [0.5, 0.6) is 0 Å². The molecule has 1 aromatic carbocycles. The summed E-state index contributed by atoms with van der Waals surface area (Å²) in [5, 5.41) is 0. The van der Waals surface area contributed by atoms with Crippen LogP contribution in [0.25, 0.3) is 0 Å². The lowest BCUT2D eigenvalue weighted by molar-refractivity contribution is -0.150. The molecule has 0 bridgehead atoms.